The van der Waals surface area contributed by atoms with Gasteiger partial charge in [-0.3, -0.25) is 0 Å². The number of nitrogens with two attached hydrogens (primary N) is 1. The third-order valence-corrected chi connectivity index (χ3v) is 4.65. The highest BCUT2D eigenvalue weighted by Crippen LogP contribution is 2.32. The molecule has 0 amide bonds. The van der Waals surface area contributed by atoms with E-state index in [9.17, 15) is 0 Å². The second-order valence-corrected chi connectivity index (χ2v) is 6.14. The van der Waals surface area contributed by atoms with Crippen molar-refractivity contribution in [2.75, 3.05) is 30.9 Å². The van der Waals surface area contributed by atoms with Crippen molar-refractivity contribution in [2.24, 2.45) is 5.73 Å². The number of nitrogens with zero attached hydrogens (tertiary/aromatic N) is 1. The van der Waals surface area contributed by atoms with Crippen molar-refractivity contribution in [2.45, 2.75) is 37.3 Å². The van der Waals surface area contributed by atoms with E-state index in [1.165, 1.54) is 22.6 Å². The molecular weight excluding hydrogens is 256 g/mol. The van der Waals surface area contributed by atoms with Crippen LogP contribution in [0.2, 0.25) is 0 Å². The fourth-order valence-electron chi connectivity index (χ4n) is 2.70. The highest BCUT2D eigenvalue weighted by Gasteiger charge is 2.22. The van der Waals surface area contributed by atoms with Crippen LogP contribution in [0.4, 0.5) is 5.69 Å². The topological polar surface area (TPSA) is 38.5 Å². The number of piperidine rings is 1. The van der Waals surface area contributed by atoms with Gasteiger partial charge in [-0.1, -0.05) is 13.0 Å². The molecule has 0 aromatic heterocycles. The zero-order valence-corrected chi connectivity index (χ0v) is 12.7. The van der Waals surface area contributed by atoms with Crippen molar-refractivity contribution in [1.29, 1.82) is 0 Å². The fourth-order valence-corrected chi connectivity index (χ4v) is 3.54. The normalized spacial score (nSPS) is 19.7. The van der Waals surface area contributed by atoms with Crippen LogP contribution in [0.15, 0.2) is 23.1 Å². The van der Waals surface area contributed by atoms with Crippen molar-refractivity contribution < 1.29 is 4.74 Å². The van der Waals surface area contributed by atoms with Crippen LogP contribution in [0.5, 0.6) is 0 Å². The summed E-state index contributed by atoms with van der Waals surface area (Å²) in [4.78, 5) is 3.75. The summed E-state index contributed by atoms with van der Waals surface area (Å²) in [6.07, 6.45) is 2.70. The van der Waals surface area contributed by atoms with Gasteiger partial charge in [0.1, 0.15) is 0 Å². The summed E-state index contributed by atoms with van der Waals surface area (Å²) in [6, 6.07) is 6.51. The minimum absolute atomic E-state index is 0.349. The maximum absolute atomic E-state index is 5.98. The van der Waals surface area contributed by atoms with E-state index in [-0.39, 0.29) is 0 Å². The molecule has 1 aromatic carbocycles. The maximum atomic E-state index is 5.98. The van der Waals surface area contributed by atoms with Crippen LogP contribution < -0.4 is 10.6 Å². The zero-order valence-electron chi connectivity index (χ0n) is 11.9. The quantitative estimate of drug-likeness (QED) is 0.842. The summed E-state index contributed by atoms with van der Waals surface area (Å²) < 4.78 is 5.52. The Kier molecular flexibility index (Phi) is 5.55. The van der Waals surface area contributed by atoms with Crippen LogP contribution in [0, 0.1) is 0 Å². The Bertz CT molecular complexity index is 411. The Morgan fingerprint density at radius 3 is 3.00 bits per heavy atom. The van der Waals surface area contributed by atoms with Gasteiger partial charge in [-0.25, -0.2) is 0 Å². The summed E-state index contributed by atoms with van der Waals surface area (Å²) in [5, 5.41) is 0. The van der Waals surface area contributed by atoms with Crippen LogP contribution in [0.3, 0.4) is 0 Å². The number of anilines is 1. The van der Waals surface area contributed by atoms with Gasteiger partial charge in [-0.2, -0.15) is 0 Å². The van der Waals surface area contributed by atoms with Gasteiger partial charge in [0.15, 0.2) is 0 Å². The van der Waals surface area contributed by atoms with Crippen molar-refractivity contribution in [3.8, 4) is 0 Å². The predicted octanol–water partition coefficient (Wildman–Crippen LogP) is 2.87. The van der Waals surface area contributed by atoms with Crippen LogP contribution in [-0.4, -0.2) is 32.1 Å². The molecule has 2 N–H and O–H groups in total. The molecule has 2 rings (SSSR count). The molecule has 4 heteroatoms. The van der Waals surface area contributed by atoms with E-state index in [2.05, 4.69) is 30.0 Å². The molecule has 0 bridgehead atoms. The summed E-state index contributed by atoms with van der Waals surface area (Å²) in [7, 11) is 1.81. The van der Waals surface area contributed by atoms with Crippen molar-refractivity contribution in [3.05, 3.63) is 23.8 Å². The van der Waals surface area contributed by atoms with Gasteiger partial charge in [0.25, 0.3) is 0 Å². The molecule has 3 nitrogen and oxygen atoms in total. The third-order valence-electron chi connectivity index (χ3n) is 3.66. The van der Waals surface area contributed by atoms with Gasteiger partial charge in [-0.05, 0) is 30.7 Å². The molecule has 1 fully saturated rings. The lowest BCUT2D eigenvalue weighted by Gasteiger charge is -2.35. The number of thioether (sulfide) groups is 1. The van der Waals surface area contributed by atoms with Crippen LogP contribution in [0.25, 0.3) is 0 Å². The number of benzene rings is 1. The maximum Gasteiger partial charge on any atom is 0.0746 e. The number of hydrogen-bond acceptors (Lipinski definition) is 4. The Labute approximate surface area is 120 Å². The van der Waals surface area contributed by atoms with E-state index in [0.717, 1.165) is 25.3 Å². The van der Waals surface area contributed by atoms with Gasteiger partial charge in [0, 0.05) is 42.9 Å². The molecular formula is C15H24N2OS. The molecule has 1 heterocycles. The van der Waals surface area contributed by atoms with Crippen LogP contribution >= 0.6 is 11.8 Å². The first-order chi connectivity index (χ1) is 9.30. The molecule has 0 aliphatic carbocycles. The van der Waals surface area contributed by atoms with Gasteiger partial charge >= 0.3 is 0 Å². The van der Waals surface area contributed by atoms with E-state index in [1.807, 2.05) is 11.8 Å². The smallest absolute Gasteiger partial charge is 0.0746 e. The lowest BCUT2D eigenvalue weighted by Crippen LogP contribution is -2.39. The van der Waals surface area contributed by atoms with Crippen LogP contribution in [0.1, 0.15) is 25.3 Å². The zero-order chi connectivity index (χ0) is 13.7. The second kappa shape index (κ2) is 7.17. The molecule has 1 aromatic rings. The Morgan fingerprint density at radius 1 is 1.47 bits per heavy atom. The van der Waals surface area contributed by atoms with Gasteiger partial charge < -0.3 is 15.4 Å². The first-order valence-electron chi connectivity index (χ1n) is 7.02. The average Bonchev–Trinajstić information content (AvgIpc) is 2.47. The summed E-state index contributed by atoms with van der Waals surface area (Å²) in [6.45, 7) is 4.86. The molecule has 1 unspecified atom stereocenters. The molecule has 0 saturated carbocycles. The first-order valence-corrected chi connectivity index (χ1v) is 8.01. The van der Waals surface area contributed by atoms with E-state index in [4.69, 9.17) is 10.5 Å². The first kappa shape index (κ1) is 14.7. The largest absolute Gasteiger partial charge is 0.380 e. The third kappa shape index (κ3) is 3.44. The summed E-state index contributed by atoms with van der Waals surface area (Å²) in [5.41, 5.74) is 8.56. The minimum atomic E-state index is 0.349. The molecule has 0 radical (unpaired) electrons. The molecule has 0 spiro atoms. The second-order valence-electron chi connectivity index (χ2n) is 4.84. The number of methoxy groups -OCH3 is 1. The fraction of sp³-hybridized carbons (Fsp3) is 0.600. The molecule has 19 heavy (non-hydrogen) atoms. The molecule has 106 valence electrons. The highest BCUT2D eigenvalue weighted by atomic mass is 32.2. The van der Waals surface area contributed by atoms with E-state index in [1.54, 1.807) is 7.11 Å². The lowest BCUT2D eigenvalue weighted by molar-refractivity contribution is 0.0893. The average molecular weight is 280 g/mol. The van der Waals surface area contributed by atoms with Crippen molar-refractivity contribution in [1.82, 2.24) is 0 Å². The van der Waals surface area contributed by atoms with Gasteiger partial charge in [0.2, 0.25) is 0 Å². The Morgan fingerprint density at radius 2 is 2.32 bits per heavy atom. The standard InChI is InChI=1S/C15H24N2OS/c1-3-19-15-8-4-7-14(13(15)10-16)17-9-5-6-12(11-17)18-2/h4,7-8,12H,3,5-6,9-11,16H2,1-2H3. The predicted molar refractivity (Wildman–Crippen MR) is 83.0 cm³/mol. The van der Waals surface area contributed by atoms with E-state index in [0.29, 0.717) is 12.6 Å². The number of ether oxygens (including phenoxy) is 1. The molecule has 1 atom stereocenters. The Balaban J connectivity index is 2.25. The summed E-state index contributed by atoms with van der Waals surface area (Å²) in [5.74, 6) is 1.08. The lowest BCUT2D eigenvalue weighted by atomic mass is 10.1. The SMILES string of the molecule is CCSc1cccc(N2CCCC(OC)C2)c1CN. The molecule has 1 aliphatic rings. The van der Waals surface area contributed by atoms with E-state index < -0.39 is 0 Å². The number of hydrogen-bond donors (Lipinski definition) is 1. The van der Waals surface area contributed by atoms with Crippen LogP contribution in [-0.2, 0) is 11.3 Å². The van der Waals surface area contributed by atoms with Crippen molar-refractivity contribution >= 4 is 17.4 Å². The Hall–Kier alpha value is -0.710. The van der Waals surface area contributed by atoms with E-state index >= 15 is 0 Å². The molecule has 1 aliphatic heterocycles. The minimum Gasteiger partial charge on any atom is -0.380 e. The summed E-state index contributed by atoms with van der Waals surface area (Å²) >= 11 is 1.87. The van der Waals surface area contributed by atoms with Gasteiger partial charge in [-0.15, -0.1) is 11.8 Å². The highest BCUT2D eigenvalue weighted by molar-refractivity contribution is 7.99. The monoisotopic (exact) mass is 280 g/mol. The van der Waals surface area contributed by atoms with Gasteiger partial charge in [0.05, 0.1) is 6.10 Å². The molecule has 1 saturated heterocycles. The van der Waals surface area contributed by atoms with Crippen molar-refractivity contribution in [3.63, 3.8) is 0 Å². The number of rotatable bonds is 5.